The fourth-order valence-corrected chi connectivity index (χ4v) is 2.76. The zero-order chi connectivity index (χ0) is 13.9. The molecule has 0 saturated carbocycles. The molecule has 0 spiro atoms. The van der Waals surface area contributed by atoms with Crippen LogP contribution in [0.2, 0.25) is 5.02 Å². The van der Waals surface area contributed by atoms with Crippen LogP contribution in [0.15, 0.2) is 36.5 Å². The summed E-state index contributed by atoms with van der Waals surface area (Å²) in [6.45, 7) is 0. The Bertz CT molecular complexity index is 678. The predicted octanol–water partition coefficient (Wildman–Crippen LogP) is 4.06. The van der Waals surface area contributed by atoms with Crippen LogP contribution in [0.1, 0.15) is 35.6 Å². The molecule has 1 aromatic heterocycles. The molecule has 0 aliphatic heterocycles. The Balaban J connectivity index is 1.92. The zero-order valence-electron chi connectivity index (χ0n) is 10.8. The van der Waals surface area contributed by atoms with E-state index in [1.165, 1.54) is 11.1 Å². The molecule has 1 atom stereocenters. The lowest BCUT2D eigenvalue weighted by molar-refractivity contribution is 0.176. The Labute approximate surface area is 122 Å². The third-order valence-corrected chi connectivity index (χ3v) is 3.91. The van der Waals surface area contributed by atoms with Crippen molar-refractivity contribution in [3.8, 4) is 11.9 Å². The summed E-state index contributed by atoms with van der Waals surface area (Å²) >= 11 is 6.15. The maximum Gasteiger partial charge on any atom is 0.234 e. The topological polar surface area (TPSA) is 45.9 Å². The molecule has 1 aliphatic carbocycles. The third-order valence-electron chi connectivity index (χ3n) is 3.55. The van der Waals surface area contributed by atoms with Crippen molar-refractivity contribution in [3.05, 3.63) is 58.2 Å². The number of fused-ring (bicyclic) bond motifs is 1. The molecule has 0 saturated heterocycles. The molecular weight excluding hydrogens is 272 g/mol. The number of aryl methyl sites for hydroxylation is 1. The molecule has 4 heteroatoms. The Hall–Kier alpha value is -2.05. The Morgan fingerprint density at radius 3 is 3.00 bits per heavy atom. The van der Waals surface area contributed by atoms with Gasteiger partial charge in [0.2, 0.25) is 5.88 Å². The van der Waals surface area contributed by atoms with Gasteiger partial charge in [-0.2, -0.15) is 5.26 Å². The number of ether oxygens (including phenoxy) is 1. The number of halogens is 1. The molecule has 0 N–H and O–H groups in total. The Morgan fingerprint density at radius 2 is 2.15 bits per heavy atom. The number of hydrogen-bond donors (Lipinski definition) is 0. The van der Waals surface area contributed by atoms with E-state index in [9.17, 15) is 0 Å². The van der Waals surface area contributed by atoms with Gasteiger partial charge in [0, 0.05) is 6.20 Å². The number of benzene rings is 1. The van der Waals surface area contributed by atoms with Gasteiger partial charge in [-0.1, -0.05) is 35.9 Å². The fourth-order valence-electron chi connectivity index (χ4n) is 2.56. The van der Waals surface area contributed by atoms with Gasteiger partial charge in [0.1, 0.15) is 17.2 Å². The van der Waals surface area contributed by atoms with Crippen LogP contribution in [0.4, 0.5) is 0 Å². The normalized spacial score (nSPS) is 17.1. The average Bonchev–Trinajstić information content (AvgIpc) is 2.50. The van der Waals surface area contributed by atoms with Crippen LogP contribution >= 0.6 is 11.6 Å². The summed E-state index contributed by atoms with van der Waals surface area (Å²) in [5, 5.41) is 9.28. The van der Waals surface area contributed by atoms with Crippen LogP contribution in [0, 0.1) is 11.3 Å². The number of nitriles is 1. The van der Waals surface area contributed by atoms with Gasteiger partial charge in [-0.05, 0) is 36.5 Å². The number of hydrogen-bond acceptors (Lipinski definition) is 3. The van der Waals surface area contributed by atoms with Crippen LogP contribution in [-0.4, -0.2) is 4.98 Å². The second-order valence-electron chi connectivity index (χ2n) is 4.79. The van der Waals surface area contributed by atoms with E-state index in [2.05, 4.69) is 17.1 Å². The molecule has 1 unspecified atom stereocenters. The fraction of sp³-hybridized carbons (Fsp3) is 0.250. The van der Waals surface area contributed by atoms with Gasteiger partial charge in [-0.15, -0.1) is 0 Å². The SMILES string of the molecule is N#Cc1ccnc(OC2CCCc3ccccc32)c1Cl. The minimum Gasteiger partial charge on any atom is -0.468 e. The van der Waals surface area contributed by atoms with Crippen molar-refractivity contribution in [2.75, 3.05) is 0 Å². The molecule has 20 heavy (non-hydrogen) atoms. The van der Waals surface area contributed by atoms with Crippen molar-refractivity contribution >= 4 is 11.6 Å². The van der Waals surface area contributed by atoms with Crippen molar-refractivity contribution in [1.29, 1.82) is 5.26 Å². The lowest BCUT2D eigenvalue weighted by Crippen LogP contribution is -2.15. The molecule has 0 fully saturated rings. The van der Waals surface area contributed by atoms with Gasteiger partial charge >= 0.3 is 0 Å². The first-order valence-electron chi connectivity index (χ1n) is 6.58. The molecule has 100 valence electrons. The van der Waals surface area contributed by atoms with Gasteiger partial charge in [0.15, 0.2) is 0 Å². The van der Waals surface area contributed by atoms with Crippen molar-refractivity contribution < 1.29 is 4.74 Å². The molecule has 1 aliphatic rings. The van der Waals surface area contributed by atoms with Gasteiger partial charge in [0.25, 0.3) is 0 Å². The Morgan fingerprint density at radius 1 is 1.30 bits per heavy atom. The van der Waals surface area contributed by atoms with Crippen LogP contribution < -0.4 is 4.74 Å². The van der Waals surface area contributed by atoms with E-state index < -0.39 is 0 Å². The summed E-state index contributed by atoms with van der Waals surface area (Å²) in [6, 6.07) is 11.9. The summed E-state index contributed by atoms with van der Waals surface area (Å²) < 4.78 is 5.96. The first-order chi connectivity index (χ1) is 9.79. The maximum absolute atomic E-state index is 8.99. The monoisotopic (exact) mass is 284 g/mol. The quantitative estimate of drug-likeness (QED) is 0.835. The summed E-state index contributed by atoms with van der Waals surface area (Å²) in [4.78, 5) is 4.15. The van der Waals surface area contributed by atoms with E-state index in [-0.39, 0.29) is 11.1 Å². The highest BCUT2D eigenvalue weighted by Gasteiger charge is 2.23. The van der Waals surface area contributed by atoms with Crippen LogP contribution in [0.5, 0.6) is 5.88 Å². The molecule has 1 aromatic carbocycles. The number of pyridine rings is 1. The van der Waals surface area contributed by atoms with Crippen molar-refractivity contribution in [2.24, 2.45) is 0 Å². The summed E-state index contributed by atoms with van der Waals surface area (Å²) in [5.74, 6) is 0.340. The lowest BCUT2D eigenvalue weighted by Gasteiger charge is -2.26. The average molecular weight is 285 g/mol. The van der Waals surface area contributed by atoms with Crippen LogP contribution in [0.25, 0.3) is 0 Å². The minimum atomic E-state index is -0.0427. The molecule has 3 rings (SSSR count). The third kappa shape index (κ3) is 2.35. The lowest BCUT2D eigenvalue weighted by atomic mass is 9.89. The first-order valence-corrected chi connectivity index (χ1v) is 6.96. The van der Waals surface area contributed by atoms with Gasteiger partial charge in [-0.3, -0.25) is 0 Å². The van der Waals surface area contributed by atoms with Gasteiger partial charge < -0.3 is 4.74 Å². The predicted molar refractivity (Wildman–Crippen MR) is 76.7 cm³/mol. The van der Waals surface area contributed by atoms with Crippen LogP contribution in [0.3, 0.4) is 0 Å². The summed E-state index contributed by atoms with van der Waals surface area (Å²) in [7, 11) is 0. The number of rotatable bonds is 2. The molecule has 1 heterocycles. The molecule has 3 nitrogen and oxygen atoms in total. The number of aromatic nitrogens is 1. The van der Waals surface area contributed by atoms with E-state index in [0.29, 0.717) is 11.4 Å². The smallest absolute Gasteiger partial charge is 0.234 e. The van der Waals surface area contributed by atoms with Crippen LogP contribution in [-0.2, 0) is 6.42 Å². The Kier molecular flexibility index (Phi) is 3.58. The van der Waals surface area contributed by atoms with Crippen molar-refractivity contribution in [2.45, 2.75) is 25.4 Å². The summed E-state index contributed by atoms with van der Waals surface area (Å²) in [5.41, 5.74) is 2.90. The standard InChI is InChI=1S/C16H13ClN2O/c17-15-12(10-18)8-9-19-16(15)20-14-7-3-5-11-4-1-2-6-13(11)14/h1-2,4,6,8-9,14H,3,5,7H2. The van der Waals surface area contributed by atoms with E-state index >= 15 is 0 Å². The molecule has 0 radical (unpaired) electrons. The highest BCUT2D eigenvalue weighted by Crippen LogP contribution is 2.35. The second kappa shape index (κ2) is 5.52. The van der Waals surface area contributed by atoms with Gasteiger partial charge in [0.05, 0.1) is 5.56 Å². The zero-order valence-corrected chi connectivity index (χ0v) is 11.6. The van der Waals surface area contributed by atoms with E-state index in [1.54, 1.807) is 12.3 Å². The highest BCUT2D eigenvalue weighted by molar-refractivity contribution is 6.32. The van der Waals surface area contributed by atoms with E-state index in [0.717, 1.165) is 19.3 Å². The van der Waals surface area contributed by atoms with E-state index in [4.69, 9.17) is 21.6 Å². The largest absolute Gasteiger partial charge is 0.468 e. The molecule has 0 bridgehead atoms. The molecule has 2 aromatic rings. The van der Waals surface area contributed by atoms with Gasteiger partial charge in [-0.25, -0.2) is 4.98 Å². The van der Waals surface area contributed by atoms with Crippen molar-refractivity contribution in [1.82, 2.24) is 4.98 Å². The highest BCUT2D eigenvalue weighted by atomic mass is 35.5. The minimum absolute atomic E-state index is 0.0427. The van der Waals surface area contributed by atoms with E-state index in [1.807, 2.05) is 18.2 Å². The number of nitrogens with zero attached hydrogens (tertiary/aromatic N) is 2. The second-order valence-corrected chi connectivity index (χ2v) is 5.16. The maximum atomic E-state index is 8.99. The first kappa shape index (κ1) is 13.0. The summed E-state index contributed by atoms with van der Waals surface area (Å²) in [6.07, 6.45) is 4.60. The van der Waals surface area contributed by atoms with Crippen molar-refractivity contribution in [3.63, 3.8) is 0 Å². The molecular formula is C16H13ClN2O. The molecule has 0 amide bonds.